The van der Waals surface area contributed by atoms with E-state index < -0.39 is 0 Å². The average molecular weight is 509 g/mol. The highest BCUT2D eigenvalue weighted by Crippen LogP contribution is 2.20. The molecule has 3 aromatic heterocycles. The third-order valence-electron chi connectivity index (χ3n) is 5.72. The van der Waals surface area contributed by atoms with E-state index in [-0.39, 0.29) is 0 Å². The first-order valence-corrected chi connectivity index (χ1v) is 12.8. The molecule has 0 bridgehead atoms. The molecule has 198 valence electrons. The lowest BCUT2D eigenvalue weighted by molar-refractivity contribution is -0.0190. The summed E-state index contributed by atoms with van der Waals surface area (Å²) in [4.78, 5) is 16.4. The quantitative estimate of drug-likeness (QED) is 0.527. The van der Waals surface area contributed by atoms with E-state index >= 15 is 0 Å². The van der Waals surface area contributed by atoms with Gasteiger partial charge in [0.25, 0.3) is 0 Å². The van der Waals surface area contributed by atoms with Gasteiger partial charge < -0.3 is 23.7 Å². The van der Waals surface area contributed by atoms with Crippen molar-refractivity contribution in [2.24, 2.45) is 0 Å². The second-order valence-electron chi connectivity index (χ2n) is 8.48. The lowest BCUT2D eigenvalue weighted by Gasteiger charge is -2.22. The normalized spacial score (nSPS) is 18.1. The molecule has 0 radical (unpaired) electrons. The van der Waals surface area contributed by atoms with Crippen molar-refractivity contribution in [3.05, 3.63) is 66.5 Å². The SMILES string of the molecule is c1ccc(-c2cccc(-c3cccc(CN4CCOCCOCCOCCOCCOCC4)n3)n2)nc1. The van der Waals surface area contributed by atoms with Crippen LogP contribution in [0.5, 0.6) is 0 Å². The Bertz CT molecular complexity index is 1020. The maximum Gasteiger partial charge on any atom is 0.0894 e. The fourth-order valence-corrected chi connectivity index (χ4v) is 3.81. The molecule has 3 aromatic rings. The molecule has 4 heterocycles. The van der Waals surface area contributed by atoms with Crippen molar-refractivity contribution < 1.29 is 23.7 Å². The lowest BCUT2D eigenvalue weighted by Crippen LogP contribution is -2.31. The van der Waals surface area contributed by atoms with E-state index in [1.54, 1.807) is 6.20 Å². The zero-order valence-corrected chi connectivity index (χ0v) is 21.3. The fourth-order valence-electron chi connectivity index (χ4n) is 3.81. The summed E-state index contributed by atoms with van der Waals surface area (Å²) in [6.07, 6.45) is 1.78. The van der Waals surface area contributed by atoms with E-state index in [9.17, 15) is 0 Å². The second-order valence-corrected chi connectivity index (χ2v) is 8.48. The Kier molecular flexibility index (Phi) is 11.9. The van der Waals surface area contributed by atoms with E-state index in [0.717, 1.165) is 41.6 Å². The Balaban J connectivity index is 1.37. The van der Waals surface area contributed by atoms with Gasteiger partial charge in [-0.25, -0.2) is 9.97 Å². The lowest BCUT2D eigenvalue weighted by atomic mass is 10.2. The summed E-state index contributed by atoms with van der Waals surface area (Å²) in [7, 11) is 0. The molecule has 0 spiro atoms. The van der Waals surface area contributed by atoms with Crippen LogP contribution in [0.1, 0.15) is 5.69 Å². The Hall–Kier alpha value is -2.79. The first-order chi connectivity index (χ1) is 18.4. The second kappa shape index (κ2) is 16.1. The molecule has 9 heteroatoms. The van der Waals surface area contributed by atoms with Gasteiger partial charge in [0.05, 0.1) is 94.5 Å². The van der Waals surface area contributed by atoms with E-state index in [2.05, 4.69) is 9.88 Å². The third kappa shape index (κ3) is 9.88. The molecule has 0 aliphatic carbocycles. The maximum absolute atomic E-state index is 5.79. The summed E-state index contributed by atoms with van der Waals surface area (Å²) in [6, 6.07) is 17.8. The number of hydrogen-bond donors (Lipinski definition) is 0. The molecule has 1 aliphatic rings. The average Bonchev–Trinajstić information content (AvgIpc) is 2.95. The number of aromatic nitrogens is 3. The van der Waals surface area contributed by atoms with Gasteiger partial charge in [0.15, 0.2) is 0 Å². The van der Waals surface area contributed by atoms with Gasteiger partial charge in [-0.15, -0.1) is 0 Å². The Morgan fingerprint density at radius 2 is 1.00 bits per heavy atom. The number of rotatable bonds is 4. The molecule has 0 unspecified atom stereocenters. The minimum Gasteiger partial charge on any atom is -0.378 e. The van der Waals surface area contributed by atoms with E-state index in [0.29, 0.717) is 72.6 Å². The van der Waals surface area contributed by atoms with Crippen LogP contribution >= 0.6 is 0 Å². The molecule has 9 nitrogen and oxygen atoms in total. The van der Waals surface area contributed by atoms with Crippen LogP contribution in [0.3, 0.4) is 0 Å². The highest BCUT2D eigenvalue weighted by atomic mass is 16.6. The van der Waals surface area contributed by atoms with Gasteiger partial charge >= 0.3 is 0 Å². The van der Waals surface area contributed by atoms with Crippen molar-refractivity contribution in [2.45, 2.75) is 6.54 Å². The first-order valence-electron chi connectivity index (χ1n) is 12.8. The smallest absolute Gasteiger partial charge is 0.0894 e. The number of pyridine rings is 3. The van der Waals surface area contributed by atoms with Crippen molar-refractivity contribution >= 4 is 0 Å². The van der Waals surface area contributed by atoms with E-state index in [1.165, 1.54) is 0 Å². The molecule has 1 aliphatic heterocycles. The van der Waals surface area contributed by atoms with Gasteiger partial charge in [-0.1, -0.05) is 18.2 Å². The zero-order valence-electron chi connectivity index (χ0n) is 21.3. The van der Waals surface area contributed by atoms with Gasteiger partial charge in [-0.3, -0.25) is 9.88 Å². The summed E-state index contributed by atoms with van der Waals surface area (Å²) < 4.78 is 28.1. The van der Waals surface area contributed by atoms with E-state index in [4.69, 9.17) is 33.7 Å². The Morgan fingerprint density at radius 1 is 0.514 bits per heavy atom. The van der Waals surface area contributed by atoms with Gasteiger partial charge in [-0.05, 0) is 36.4 Å². The number of nitrogens with zero attached hydrogens (tertiary/aromatic N) is 4. The fraction of sp³-hybridized carbons (Fsp3) is 0.464. The van der Waals surface area contributed by atoms with Gasteiger partial charge in [0.2, 0.25) is 0 Å². The van der Waals surface area contributed by atoms with Crippen LogP contribution in [-0.2, 0) is 30.2 Å². The molecular weight excluding hydrogens is 472 g/mol. The van der Waals surface area contributed by atoms with Gasteiger partial charge in [0, 0.05) is 25.8 Å². The molecule has 0 aromatic carbocycles. The zero-order chi connectivity index (χ0) is 25.4. The molecule has 37 heavy (non-hydrogen) atoms. The van der Waals surface area contributed by atoms with Gasteiger partial charge in [0.1, 0.15) is 0 Å². The van der Waals surface area contributed by atoms with Gasteiger partial charge in [-0.2, -0.15) is 0 Å². The minimum absolute atomic E-state index is 0.553. The number of ether oxygens (including phenoxy) is 5. The van der Waals surface area contributed by atoms with Crippen LogP contribution in [0.25, 0.3) is 22.8 Å². The van der Waals surface area contributed by atoms with Crippen LogP contribution in [0, 0.1) is 0 Å². The summed E-state index contributed by atoms with van der Waals surface area (Å²) in [5.74, 6) is 0. The highest BCUT2D eigenvalue weighted by molar-refractivity contribution is 5.61. The van der Waals surface area contributed by atoms with Crippen LogP contribution in [-0.4, -0.2) is 99.0 Å². The summed E-state index contributed by atoms with van der Waals surface area (Å²) >= 11 is 0. The molecule has 0 atom stereocenters. The predicted molar refractivity (Wildman–Crippen MR) is 140 cm³/mol. The molecule has 0 saturated carbocycles. The van der Waals surface area contributed by atoms with E-state index in [1.807, 2.05) is 54.6 Å². The Labute approximate surface area is 218 Å². The predicted octanol–water partition coefficient (Wildman–Crippen LogP) is 3.10. The number of hydrogen-bond acceptors (Lipinski definition) is 9. The van der Waals surface area contributed by atoms with Crippen LogP contribution < -0.4 is 0 Å². The van der Waals surface area contributed by atoms with Crippen molar-refractivity contribution in [3.8, 4) is 22.8 Å². The topological polar surface area (TPSA) is 88.1 Å². The molecule has 0 amide bonds. The minimum atomic E-state index is 0.553. The maximum atomic E-state index is 5.79. The summed E-state index contributed by atoms with van der Waals surface area (Å²) in [5, 5.41) is 0. The van der Waals surface area contributed by atoms with Crippen molar-refractivity contribution in [3.63, 3.8) is 0 Å². The van der Waals surface area contributed by atoms with Crippen molar-refractivity contribution in [1.82, 2.24) is 19.9 Å². The molecule has 1 saturated heterocycles. The van der Waals surface area contributed by atoms with Crippen LogP contribution in [0.2, 0.25) is 0 Å². The van der Waals surface area contributed by atoms with Crippen LogP contribution in [0.4, 0.5) is 0 Å². The largest absolute Gasteiger partial charge is 0.378 e. The third-order valence-corrected chi connectivity index (χ3v) is 5.72. The van der Waals surface area contributed by atoms with Crippen molar-refractivity contribution in [1.29, 1.82) is 0 Å². The highest BCUT2D eigenvalue weighted by Gasteiger charge is 2.11. The summed E-state index contributed by atoms with van der Waals surface area (Å²) in [6.45, 7) is 7.88. The molecule has 4 rings (SSSR count). The first kappa shape index (κ1) is 27.3. The molecule has 1 fully saturated rings. The summed E-state index contributed by atoms with van der Waals surface area (Å²) in [5.41, 5.74) is 4.29. The Morgan fingerprint density at radius 3 is 1.57 bits per heavy atom. The standard InChI is InChI=1S/C28H36N4O5/c1-2-10-29-25(6-1)26-8-4-9-28(31-26)27-7-3-5-24(30-27)23-32-11-13-33-15-17-35-19-21-37-22-20-36-18-16-34-14-12-32/h1-10H,11-23H2. The van der Waals surface area contributed by atoms with Crippen LogP contribution in [0.15, 0.2) is 60.8 Å². The molecule has 0 N–H and O–H groups in total. The van der Waals surface area contributed by atoms with Crippen molar-refractivity contribution in [2.75, 3.05) is 79.2 Å². The molecular formula is C28H36N4O5. The monoisotopic (exact) mass is 508 g/mol.